The van der Waals surface area contributed by atoms with E-state index >= 15 is 0 Å². The molecule has 74 valence electrons. The fourth-order valence-corrected chi connectivity index (χ4v) is 1.61. The number of pyridine rings is 1. The summed E-state index contributed by atoms with van der Waals surface area (Å²) in [7, 11) is 0. The summed E-state index contributed by atoms with van der Waals surface area (Å²) in [6.07, 6.45) is 4.22. The van der Waals surface area contributed by atoms with Gasteiger partial charge in [0.2, 0.25) is 0 Å². The van der Waals surface area contributed by atoms with Crippen molar-refractivity contribution >= 4 is 6.29 Å². The third-order valence-corrected chi connectivity index (χ3v) is 2.42. The van der Waals surface area contributed by atoms with Crippen LogP contribution in [-0.2, 0) is 0 Å². The first-order valence-corrected chi connectivity index (χ1v) is 4.78. The van der Waals surface area contributed by atoms with E-state index in [1.165, 1.54) is 0 Å². The molecule has 1 heterocycles. The Bertz CT molecular complexity index is 491. The van der Waals surface area contributed by atoms with Crippen LogP contribution in [0.3, 0.4) is 0 Å². The minimum absolute atomic E-state index is 0.680. The van der Waals surface area contributed by atoms with Crippen molar-refractivity contribution in [2.45, 2.75) is 6.92 Å². The van der Waals surface area contributed by atoms with E-state index in [2.05, 4.69) is 4.98 Å². The number of nitrogens with zero attached hydrogens (tertiary/aromatic N) is 1. The smallest absolute Gasteiger partial charge is 0.150 e. The number of carbonyl (C=O) groups excluding carboxylic acids is 1. The molecule has 1 aromatic heterocycles. The first-order chi connectivity index (χ1) is 7.33. The minimum Gasteiger partial charge on any atom is -0.298 e. The van der Waals surface area contributed by atoms with E-state index < -0.39 is 0 Å². The Kier molecular flexibility index (Phi) is 2.59. The van der Waals surface area contributed by atoms with Crippen LogP contribution in [0.25, 0.3) is 11.1 Å². The lowest BCUT2D eigenvalue weighted by molar-refractivity contribution is 0.112. The summed E-state index contributed by atoms with van der Waals surface area (Å²) in [4.78, 5) is 14.9. The highest BCUT2D eigenvalue weighted by Crippen LogP contribution is 2.24. The van der Waals surface area contributed by atoms with Crippen molar-refractivity contribution in [3.05, 3.63) is 53.9 Å². The van der Waals surface area contributed by atoms with Crippen molar-refractivity contribution in [3.63, 3.8) is 0 Å². The van der Waals surface area contributed by atoms with Gasteiger partial charge in [0.05, 0.1) is 0 Å². The van der Waals surface area contributed by atoms with Gasteiger partial charge in [-0.3, -0.25) is 9.78 Å². The average molecular weight is 197 g/mol. The molecule has 0 radical (unpaired) electrons. The van der Waals surface area contributed by atoms with Crippen molar-refractivity contribution in [3.8, 4) is 11.1 Å². The number of aldehydes is 1. The fraction of sp³-hybridized carbons (Fsp3) is 0.0769. The molecule has 0 saturated carbocycles. The van der Waals surface area contributed by atoms with Gasteiger partial charge in [0.15, 0.2) is 6.29 Å². The second-order valence-corrected chi connectivity index (χ2v) is 3.40. The number of aromatic nitrogens is 1. The Labute approximate surface area is 88.6 Å². The molecule has 0 N–H and O–H groups in total. The van der Waals surface area contributed by atoms with Crippen LogP contribution in [0.4, 0.5) is 0 Å². The highest BCUT2D eigenvalue weighted by atomic mass is 16.1. The molecule has 0 aliphatic carbocycles. The summed E-state index contributed by atoms with van der Waals surface area (Å²) in [5.74, 6) is 0. The predicted octanol–water partition coefficient (Wildman–Crippen LogP) is 2.87. The van der Waals surface area contributed by atoms with Gasteiger partial charge in [-0.1, -0.05) is 24.3 Å². The molecular weight excluding hydrogens is 186 g/mol. The Morgan fingerprint density at radius 3 is 2.67 bits per heavy atom. The number of benzene rings is 1. The second kappa shape index (κ2) is 4.05. The molecule has 2 rings (SSSR count). The largest absolute Gasteiger partial charge is 0.298 e. The molecule has 2 nitrogen and oxygen atoms in total. The van der Waals surface area contributed by atoms with Crippen molar-refractivity contribution in [2.24, 2.45) is 0 Å². The van der Waals surface area contributed by atoms with Crippen LogP contribution in [0, 0.1) is 6.92 Å². The summed E-state index contributed by atoms with van der Waals surface area (Å²) in [5.41, 5.74) is 3.78. The van der Waals surface area contributed by atoms with E-state index in [1.54, 1.807) is 18.5 Å². The van der Waals surface area contributed by atoms with Crippen molar-refractivity contribution in [2.75, 3.05) is 0 Å². The zero-order chi connectivity index (χ0) is 10.7. The number of hydrogen-bond donors (Lipinski definition) is 0. The lowest BCUT2D eigenvalue weighted by atomic mass is 9.99. The van der Waals surface area contributed by atoms with Gasteiger partial charge in [-0.25, -0.2) is 0 Å². The Hall–Kier alpha value is -1.96. The standard InChI is InChI=1S/C13H11NO/c1-10-4-2-3-5-12(10)13-8-14-7-6-11(13)9-15/h2-9H,1H3. The van der Waals surface area contributed by atoms with Crippen LogP contribution in [-0.4, -0.2) is 11.3 Å². The maximum Gasteiger partial charge on any atom is 0.150 e. The summed E-state index contributed by atoms with van der Waals surface area (Å²) < 4.78 is 0. The van der Waals surface area contributed by atoms with Gasteiger partial charge in [0.25, 0.3) is 0 Å². The Balaban J connectivity index is 2.64. The van der Waals surface area contributed by atoms with Crippen LogP contribution in [0.1, 0.15) is 15.9 Å². The molecule has 0 amide bonds. The molecule has 0 saturated heterocycles. The molecule has 0 spiro atoms. The Morgan fingerprint density at radius 1 is 1.13 bits per heavy atom. The molecular formula is C13H11NO. The molecule has 2 aromatic rings. The third-order valence-electron chi connectivity index (χ3n) is 2.42. The van der Waals surface area contributed by atoms with E-state index in [0.29, 0.717) is 5.56 Å². The number of aryl methyl sites for hydroxylation is 1. The molecule has 1 aromatic carbocycles. The predicted molar refractivity (Wildman–Crippen MR) is 59.8 cm³/mol. The highest BCUT2D eigenvalue weighted by molar-refractivity contribution is 5.87. The van der Waals surface area contributed by atoms with Gasteiger partial charge < -0.3 is 0 Å². The van der Waals surface area contributed by atoms with Gasteiger partial charge in [-0.05, 0) is 24.1 Å². The topological polar surface area (TPSA) is 30.0 Å². The van der Waals surface area contributed by atoms with Crippen LogP contribution in [0.2, 0.25) is 0 Å². The van der Waals surface area contributed by atoms with E-state index in [0.717, 1.165) is 23.0 Å². The number of rotatable bonds is 2. The first kappa shape index (κ1) is 9.59. The van der Waals surface area contributed by atoms with Crippen molar-refractivity contribution in [1.82, 2.24) is 4.98 Å². The normalized spacial score (nSPS) is 9.93. The molecule has 15 heavy (non-hydrogen) atoms. The lowest BCUT2D eigenvalue weighted by Gasteiger charge is -2.06. The highest BCUT2D eigenvalue weighted by Gasteiger charge is 2.05. The summed E-state index contributed by atoms with van der Waals surface area (Å²) in [6.45, 7) is 2.02. The van der Waals surface area contributed by atoms with Gasteiger partial charge in [0.1, 0.15) is 0 Å². The molecule has 0 atom stereocenters. The quantitative estimate of drug-likeness (QED) is 0.693. The third kappa shape index (κ3) is 1.79. The second-order valence-electron chi connectivity index (χ2n) is 3.40. The molecule has 0 fully saturated rings. The SMILES string of the molecule is Cc1ccccc1-c1cnccc1C=O. The maximum atomic E-state index is 10.9. The van der Waals surface area contributed by atoms with Gasteiger partial charge >= 0.3 is 0 Å². The molecule has 2 heteroatoms. The van der Waals surface area contributed by atoms with Crippen LogP contribution in [0.15, 0.2) is 42.7 Å². The van der Waals surface area contributed by atoms with Crippen LogP contribution < -0.4 is 0 Å². The lowest BCUT2D eigenvalue weighted by Crippen LogP contribution is -1.90. The maximum absolute atomic E-state index is 10.9. The molecule has 0 aliphatic heterocycles. The van der Waals surface area contributed by atoms with E-state index in [-0.39, 0.29) is 0 Å². The summed E-state index contributed by atoms with van der Waals surface area (Å²) in [6, 6.07) is 9.70. The summed E-state index contributed by atoms with van der Waals surface area (Å²) >= 11 is 0. The van der Waals surface area contributed by atoms with Crippen molar-refractivity contribution in [1.29, 1.82) is 0 Å². The summed E-state index contributed by atoms with van der Waals surface area (Å²) in [5, 5.41) is 0. The molecule has 0 aliphatic rings. The zero-order valence-corrected chi connectivity index (χ0v) is 8.47. The zero-order valence-electron chi connectivity index (χ0n) is 8.47. The van der Waals surface area contributed by atoms with Gasteiger partial charge in [-0.2, -0.15) is 0 Å². The van der Waals surface area contributed by atoms with Crippen LogP contribution >= 0.6 is 0 Å². The van der Waals surface area contributed by atoms with E-state index in [1.807, 2.05) is 31.2 Å². The van der Waals surface area contributed by atoms with Gasteiger partial charge in [-0.15, -0.1) is 0 Å². The molecule has 0 unspecified atom stereocenters. The van der Waals surface area contributed by atoms with E-state index in [9.17, 15) is 4.79 Å². The van der Waals surface area contributed by atoms with Gasteiger partial charge in [0, 0.05) is 23.5 Å². The minimum atomic E-state index is 0.680. The fourth-order valence-electron chi connectivity index (χ4n) is 1.61. The Morgan fingerprint density at radius 2 is 1.93 bits per heavy atom. The van der Waals surface area contributed by atoms with Crippen molar-refractivity contribution < 1.29 is 4.79 Å². The van der Waals surface area contributed by atoms with Crippen LogP contribution in [0.5, 0.6) is 0 Å². The van der Waals surface area contributed by atoms with E-state index in [4.69, 9.17) is 0 Å². The number of carbonyl (C=O) groups is 1. The monoisotopic (exact) mass is 197 g/mol. The first-order valence-electron chi connectivity index (χ1n) is 4.78. The average Bonchev–Trinajstić information content (AvgIpc) is 2.30. The number of hydrogen-bond acceptors (Lipinski definition) is 2. The molecule has 0 bridgehead atoms.